The summed E-state index contributed by atoms with van der Waals surface area (Å²) in [7, 11) is 41.7. The zero-order chi connectivity index (χ0) is 26.0. The zero-order valence-corrected chi connectivity index (χ0v) is 20.3. The van der Waals surface area contributed by atoms with Gasteiger partial charge in [0.05, 0.1) is 37.1 Å². The topological polar surface area (TPSA) is 76.2 Å². The molecule has 1 fully saturated rings. The molecular formula is C17H19B12N5O2. The molecule has 1 saturated heterocycles. The molecule has 1 atom stereocenters. The molecule has 14 radical (unpaired) electrons. The third kappa shape index (κ3) is 5.92. The fourth-order valence-electron chi connectivity index (χ4n) is 4.67. The van der Waals surface area contributed by atoms with Crippen molar-refractivity contribution in [3.05, 3.63) is 17.8 Å². The first-order valence-corrected chi connectivity index (χ1v) is 12.2. The van der Waals surface area contributed by atoms with Gasteiger partial charge in [0.2, 0.25) is 0 Å². The van der Waals surface area contributed by atoms with Crippen LogP contribution in [0.25, 0.3) is 21.9 Å². The monoisotopic (exact) mass is 457 g/mol. The number of carbonyl (C=O) groups is 1. The molecule has 3 aromatic rings. The van der Waals surface area contributed by atoms with Crippen LogP contribution in [-0.2, 0) is 17.6 Å². The molecule has 1 aliphatic heterocycles. The summed E-state index contributed by atoms with van der Waals surface area (Å²) in [5.41, 5.74) is 5.41. The Morgan fingerprint density at radius 1 is 1.14 bits per heavy atom. The van der Waals surface area contributed by atoms with Crippen LogP contribution in [0.1, 0.15) is 18.5 Å². The van der Waals surface area contributed by atoms with E-state index in [0.717, 1.165) is 47.7 Å². The summed E-state index contributed by atoms with van der Waals surface area (Å²) >= 11 is 0. The van der Waals surface area contributed by atoms with Crippen molar-refractivity contribution in [3.8, 4) is 0 Å². The van der Waals surface area contributed by atoms with Gasteiger partial charge >= 0.3 is 0 Å². The van der Waals surface area contributed by atoms with Crippen molar-refractivity contribution >= 4 is 121 Å². The van der Waals surface area contributed by atoms with Crippen LogP contribution in [0.5, 0.6) is 0 Å². The maximum Gasteiger partial charge on any atom is 0.191 e. The van der Waals surface area contributed by atoms with E-state index < -0.39 is 19.3 Å². The number of fused-ring (bicyclic) bond motifs is 2. The molecule has 0 saturated carbocycles. The lowest BCUT2D eigenvalue weighted by atomic mass is 8.79. The van der Waals surface area contributed by atoms with Gasteiger partial charge in [-0.3, -0.25) is 10.1 Å². The van der Waals surface area contributed by atoms with Crippen molar-refractivity contribution < 1.29 is 9.32 Å². The fourth-order valence-corrected chi connectivity index (χ4v) is 4.67. The predicted octanol–water partition coefficient (Wildman–Crippen LogP) is -1.92. The summed E-state index contributed by atoms with van der Waals surface area (Å²) in [6, 6.07) is 3.64. The Morgan fingerprint density at radius 2 is 1.92 bits per heavy atom. The summed E-state index contributed by atoms with van der Waals surface area (Å²) in [4.78, 5) is 11.4. The average Bonchev–Trinajstić information content (AvgIpc) is 3.55. The maximum atomic E-state index is 11.4. The predicted molar refractivity (Wildman–Crippen MR) is 159 cm³/mol. The van der Waals surface area contributed by atoms with E-state index in [1.54, 1.807) is 0 Å². The van der Waals surface area contributed by atoms with Crippen LogP contribution in [0.2, 0.25) is 12.4 Å². The van der Waals surface area contributed by atoms with Gasteiger partial charge in [0.25, 0.3) is 0 Å². The van der Waals surface area contributed by atoms with Gasteiger partial charge in [0.15, 0.2) is 11.4 Å². The van der Waals surface area contributed by atoms with E-state index in [9.17, 15) is 4.79 Å². The van der Waals surface area contributed by atoms with E-state index >= 15 is 0 Å². The van der Waals surface area contributed by atoms with Gasteiger partial charge in [0.1, 0.15) is 12.9 Å². The molecule has 2 aromatic heterocycles. The molecule has 19 heteroatoms. The minimum atomic E-state index is -0.687. The normalized spacial score (nSPS) is 15.8. The number of anilines is 1. The van der Waals surface area contributed by atoms with Crippen molar-refractivity contribution in [2.24, 2.45) is 0 Å². The number of aldehydes is 1. The molecule has 0 amide bonds. The van der Waals surface area contributed by atoms with Gasteiger partial charge in [-0.05, 0) is 25.2 Å². The Bertz CT molecular complexity index is 1190. The number of carbonyl (C=O) groups excluding carboxylic acids is 1. The second-order valence-corrected chi connectivity index (χ2v) is 9.69. The lowest BCUT2D eigenvalue weighted by molar-refractivity contribution is -0.111. The number of benzene rings is 1. The van der Waals surface area contributed by atoms with Gasteiger partial charge in [-0.2, -0.15) is 5.10 Å². The third-order valence-corrected chi connectivity index (χ3v) is 6.90. The summed E-state index contributed by atoms with van der Waals surface area (Å²) < 4.78 is 7.47. The molecule has 0 spiro atoms. The van der Waals surface area contributed by atoms with Gasteiger partial charge in [-0.25, -0.2) is 5.01 Å². The number of nitrogens with one attached hydrogen (secondary N) is 1. The zero-order valence-electron chi connectivity index (χ0n) is 20.3. The molecular weight excluding hydrogens is 436 g/mol. The first-order chi connectivity index (χ1) is 17.2. The largest absolute Gasteiger partial charge is 0.354 e. The second-order valence-electron chi connectivity index (χ2n) is 9.69. The number of hydrogen-bond acceptors (Lipinski definition) is 6. The first kappa shape index (κ1) is 27.4. The van der Waals surface area contributed by atoms with Crippen molar-refractivity contribution in [1.82, 2.24) is 19.9 Å². The minimum Gasteiger partial charge on any atom is -0.354 e. The van der Waals surface area contributed by atoms with Crippen molar-refractivity contribution in [3.63, 3.8) is 0 Å². The Kier molecular flexibility index (Phi) is 9.00. The van der Waals surface area contributed by atoms with Crippen LogP contribution in [0, 0.1) is 0 Å². The molecule has 7 nitrogen and oxygen atoms in total. The van der Waals surface area contributed by atoms with E-state index in [1.807, 2.05) is 21.8 Å². The molecule has 3 heterocycles. The van der Waals surface area contributed by atoms with Crippen LogP contribution in [0.4, 0.5) is 5.82 Å². The number of hydrogen-bond donors (Lipinski definition) is 1. The van der Waals surface area contributed by atoms with Crippen molar-refractivity contribution in [1.29, 1.82) is 0 Å². The molecule has 0 aliphatic carbocycles. The van der Waals surface area contributed by atoms with Crippen LogP contribution in [0.3, 0.4) is 0 Å². The molecule has 4 rings (SSSR count). The number of hydrazine groups is 1. The molecule has 1 aliphatic rings. The number of aromatic nitrogens is 3. The number of nitrogens with zero attached hydrogens (tertiary/aromatic N) is 4. The van der Waals surface area contributed by atoms with Gasteiger partial charge in [-0.1, -0.05) is 5.16 Å². The van der Waals surface area contributed by atoms with Crippen LogP contribution < -0.4 is 5.43 Å². The smallest absolute Gasteiger partial charge is 0.191 e. The summed E-state index contributed by atoms with van der Waals surface area (Å²) in [6.07, 6.45) is 2.95. The standard InChI is InChI=1S/C17H19B12N5O2/c18-8-25(19)6-14-12-4-13-16(36-32-17(13)31-33-3-1-2-11(33)7-35)5-15(12)34(30-14)10-26(28(21)22)9-27(20)29(23)24/h4-5,7,11H,1-3,6,8-10H2,(H,31,32)/t11-/m0/s1. The van der Waals surface area contributed by atoms with Crippen LogP contribution >= 0.6 is 0 Å². The average molecular weight is 455 g/mol. The second kappa shape index (κ2) is 11.8. The van der Waals surface area contributed by atoms with Crippen molar-refractivity contribution in [2.45, 2.75) is 44.1 Å². The lowest BCUT2D eigenvalue weighted by Gasteiger charge is -2.22. The highest BCUT2D eigenvalue weighted by atomic mass is 16.5. The molecule has 1 aromatic carbocycles. The van der Waals surface area contributed by atoms with E-state index in [0.29, 0.717) is 36.6 Å². The van der Waals surface area contributed by atoms with Gasteiger partial charge in [-0.15, -0.1) is 12.4 Å². The molecule has 1 N–H and O–H groups in total. The highest BCUT2D eigenvalue weighted by Gasteiger charge is 2.28. The molecule has 160 valence electrons. The fraction of sp³-hybridized carbons (Fsp3) is 0.471. The Hall–Kier alpha value is -1.63. The van der Waals surface area contributed by atoms with Gasteiger partial charge < -0.3 is 9.32 Å². The first-order valence-electron chi connectivity index (χ1n) is 12.2. The van der Waals surface area contributed by atoms with Crippen LogP contribution in [-0.4, -0.2) is 126 Å². The third-order valence-electron chi connectivity index (χ3n) is 6.90. The Balaban J connectivity index is 1.72. The molecule has 0 bridgehead atoms. The minimum absolute atomic E-state index is 0.202. The van der Waals surface area contributed by atoms with Crippen LogP contribution in [0.15, 0.2) is 16.7 Å². The highest BCUT2D eigenvalue weighted by molar-refractivity contribution is 7.69. The summed E-state index contributed by atoms with van der Waals surface area (Å²) in [6.45, 7) is -0.218. The van der Waals surface area contributed by atoms with Crippen molar-refractivity contribution in [2.75, 3.05) is 12.0 Å². The quantitative estimate of drug-likeness (QED) is 0.254. The SMILES string of the molecule is [B]CB([B])Cc1nn(CB(CB([B])B([B])[B])B([B])[B])c2cc3onc(NN4CCC[C@H]4C=O)c3cc12. The lowest BCUT2D eigenvalue weighted by Crippen LogP contribution is -2.49. The van der Waals surface area contributed by atoms with E-state index in [2.05, 4.69) is 10.6 Å². The maximum absolute atomic E-state index is 11.4. The number of rotatable bonds is 12. The van der Waals surface area contributed by atoms with Gasteiger partial charge in [0, 0.05) is 90.1 Å². The molecule has 36 heavy (non-hydrogen) atoms. The Morgan fingerprint density at radius 3 is 2.58 bits per heavy atom. The van der Waals surface area contributed by atoms with E-state index in [-0.39, 0.29) is 19.2 Å². The van der Waals surface area contributed by atoms with E-state index in [4.69, 9.17) is 63.9 Å². The summed E-state index contributed by atoms with van der Waals surface area (Å²) in [5.74, 6) is 0.534. The Labute approximate surface area is 223 Å². The highest BCUT2D eigenvalue weighted by Crippen LogP contribution is 2.32. The van der Waals surface area contributed by atoms with E-state index in [1.165, 1.54) is 0 Å². The summed E-state index contributed by atoms with van der Waals surface area (Å²) in [5, 5.41) is 12.6. The molecule has 0 unspecified atom stereocenters.